The topological polar surface area (TPSA) is 18.5 Å². The number of ether oxygens (including phenoxy) is 1. The van der Waals surface area contributed by atoms with Crippen molar-refractivity contribution in [1.29, 1.82) is 0 Å². The molecule has 0 radical (unpaired) electrons. The van der Waals surface area contributed by atoms with Crippen molar-refractivity contribution in [2.45, 2.75) is 67.6 Å². The Morgan fingerprint density at radius 2 is 1.65 bits per heavy atom. The zero-order valence-corrected chi connectivity index (χ0v) is 22.5. The quantitative estimate of drug-likeness (QED) is 0.489. The van der Waals surface area contributed by atoms with E-state index in [-0.39, 0.29) is 30.2 Å². The first-order valence-corrected chi connectivity index (χ1v) is 14.8. The van der Waals surface area contributed by atoms with Gasteiger partial charge < -0.3 is 24.8 Å². The molecule has 26 heavy (non-hydrogen) atoms. The maximum atomic E-state index is 6.30. The molecule has 0 saturated heterocycles. The average molecular weight is 495 g/mol. The monoisotopic (exact) mass is 492 g/mol. The van der Waals surface area contributed by atoms with Gasteiger partial charge in [0.05, 0.1) is 0 Å². The molecule has 2 nitrogen and oxygen atoms in total. The van der Waals surface area contributed by atoms with Gasteiger partial charge in [-0.15, -0.1) is 0 Å². The Morgan fingerprint density at radius 3 is 2.08 bits per heavy atom. The Labute approximate surface area is 185 Å². The van der Waals surface area contributed by atoms with Crippen molar-refractivity contribution in [2.24, 2.45) is 5.41 Å². The first-order valence-electron chi connectivity index (χ1n) is 8.91. The van der Waals surface area contributed by atoms with E-state index in [9.17, 15) is 0 Å². The van der Waals surface area contributed by atoms with Crippen LogP contribution >= 0.6 is 0 Å². The van der Waals surface area contributed by atoms with E-state index >= 15 is 0 Å². The maximum absolute atomic E-state index is 6.30. The van der Waals surface area contributed by atoms with Gasteiger partial charge in [-0.2, -0.15) is 0 Å². The van der Waals surface area contributed by atoms with Crippen LogP contribution in [0.15, 0.2) is 40.9 Å². The molecule has 0 unspecified atom stereocenters. The number of rotatable bonds is 6. The molecule has 0 N–H and O–H groups in total. The molecule has 0 heterocycles. The molecule has 0 spiro atoms. The van der Waals surface area contributed by atoms with Crippen molar-refractivity contribution in [2.75, 3.05) is 6.61 Å². The van der Waals surface area contributed by atoms with Gasteiger partial charge >= 0.3 is 161 Å². The standard InChI is InChI=1S/C10H17O2Si.C10H15.2ClH.Zr/c1-5-11-9-7-6-8-10(9)12-13(2,3)4;1-7-6-10(4,5)9(3)8(7)2;;;/h8H,5-6H2,1-4H3;1-5H3;2*1H;/q;;;;+2/p-2. The molecule has 0 aromatic heterocycles. The van der Waals surface area contributed by atoms with E-state index in [1.165, 1.54) is 11.1 Å². The second kappa shape index (κ2) is 9.63. The van der Waals surface area contributed by atoms with Gasteiger partial charge in [-0.25, -0.2) is 0 Å². The minimum Gasteiger partial charge on any atom is -1.00 e. The van der Waals surface area contributed by atoms with E-state index in [1.54, 1.807) is 12.1 Å². The smallest absolute Gasteiger partial charge is 1.00 e. The summed E-state index contributed by atoms with van der Waals surface area (Å²) >= 11 is -0.866. The molecule has 0 aliphatic heterocycles. The summed E-state index contributed by atoms with van der Waals surface area (Å²) < 4.78 is 15.6. The summed E-state index contributed by atoms with van der Waals surface area (Å²) in [6.07, 6.45) is 3.27. The van der Waals surface area contributed by atoms with Crippen LogP contribution in [0.5, 0.6) is 0 Å². The van der Waals surface area contributed by atoms with Gasteiger partial charge in [-0.1, -0.05) is 0 Å². The minimum atomic E-state index is -1.61. The van der Waals surface area contributed by atoms with Crippen LogP contribution in [-0.4, -0.2) is 14.9 Å². The normalized spacial score (nSPS) is 19.0. The van der Waals surface area contributed by atoms with Gasteiger partial charge in [0.2, 0.25) is 0 Å². The fraction of sp³-hybridized carbons (Fsp3) is 0.600. The van der Waals surface area contributed by atoms with E-state index < -0.39 is 31.6 Å². The third kappa shape index (κ3) is 5.40. The van der Waals surface area contributed by atoms with E-state index in [4.69, 9.17) is 9.16 Å². The molecule has 6 heteroatoms. The third-order valence-electron chi connectivity index (χ3n) is 5.03. The molecule has 146 valence electrons. The van der Waals surface area contributed by atoms with E-state index in [0.717, 1.165) is 17.9 Å². The zero-order chi connectivity index (χ0) is 18.3. The average Bonchev–Trinajstić information content (AvgIpc) is 2.88. The molecular formula is C20H32Cl2O2SiZr. The van der Waals surface area contributed by atoms with Gasteiger partial charge in [-0.3, -0.25) is 0 Å². The predicted molar refractivity (Wildman–Crippen MR) is 101 cm³/mol. The van der Waals surface area contributed by atoms with Crippen molar-refractivity contribution in [3.8, 4) is 0 Å². The molecular weight excluding hydrogens is 462 g/mol. The van der Waals surface area contributed by atoms with Crippen molar-refractivity contribution in [3.05, 3.63) is 40.9 Å². The van der Waals surface area contributed by atoms with Crippen LogP contribution in [0.3, 0.4) is 0 Å². The minimum absolute atomic E-state index is 0. The molecule has 0 aromatic carbocycles. The third-order valence-corrected chi connectivity index (χ3v) is 10.7. The van der Waals surface area contributed by atoms with Crippen molar-refractivity contribution in [1.82, 2.24) is 0 Å². The SMILES string of the molecule is CCOC1=[C]([Zr+2][C]2=C(C)C(C)=C(C)C2(C)C)CC=C1O[Si](C)(C)C.[Cl-].[Cl-]. The van der Waals surface area contributed by atoms with Crippen LogP contribution in [0.1, 0.15) is 48.0 Å². The Morgan fingerprint density at radius 1 is 1.08 bits per heavy atom. The first-order chi connectivity index (χ1) is 11.0. The van der Waals surface area contributed by atoms with Gasteiger partial charge in [0.25, 0.3) is 0 Å². The summed E-state index contributed by atoms with van der Waals surface area (Å²) in [5, 5.41) is 0. The second-order valence-electron chi connectivity index (χ2n) is 8.23. The van der Waals surface area contributed by atoms with Crippen LogP contribution in [0.4, 0.5) is 0 Å². The van der Waals surface area contributed by atoms with Crippen molar-refractivity contribution < 1.29 is 57.2 Å². The van der Waals surface area contributed by atoms with Crippen molar-refractivity contribution in [3.63, 3.8) is 0 Å². The number of halogens is 2. The molecule has 0 amide bonds. The van der Waals surface area contributed by atoms with Crippen LogP contribution in [0.2, 0.25) is 19.6 Å². The number of hydrogen-bond donors (Lipinski definition) is 0. The summed E-state index contributed by atoms with van der Waals surface area (Å²) in [5.74, 6) is 2.09. The summed E-state index contributed by atoms with van der Waals surface area (Å²) in [6.45, 7) is 21.2. The summed E-state index contributed by atoms with van der Waals surface area (Å²) in [6, 6.07) is 0. The van der Waals surface area contributed by atoms with Gasteiger partial charge in [0.15, 0.2) is 0 Å². The molecule has 2 rings (SSSR count). The Bertz CT molecular complexity index is 668. The van der Waals surface area contributed by atoms with Gasteiger partial charge in [-0.05, 0) is 0 Å². The fourth-order valence-electron chi connectivity index (χ4n) is 3.35. The van der Waals surface area contributed by atoms with Crippen LogP contribution in [0.25, 0.3) is 0 Å². The van der Waals surface area contributed by atoms with Gasteiger partial charge in [0.1, 0.15) is 0 Å². The van der Waals surface area contributed by atoms with Crippen LogP contribution < -0.4 is 24.8 Å². The van der Waals surface area contributed by atoms with E-state index in [0.29, 0.717) is 6.61 Å². The molecule has 2 aliphatic carbocycles. The van der Waals surface area contributed by atoms with Crippen molar-refractivity contribution >= 4 is 8.32 Å². The molecule has 0 saturated carbocycles. The number of hydrogen-bond acceptors (Lipinski definition) is 2. The second-order valence-corrected chi connectivity index (χ2v) is 16.0. The Hall–Kier alpha value is 0.240. The fourth-order valence-corrected chi connectivity index (χ4v) is 8.34. The van der Waals surface area contributed by atoms with Crippen LogP contribution in [-0.2, 0) is 32.4 Å². The molecule has 0 bridgehead atoms. The van der Waals surface area contributed by atoms with E-state index in [1.807, 2.05) is 0 Å². The Balaban J connectivity index is 0.00000312. The van der Waals surface area contributed by atoms with Gasteiger partial charge in [0, 0.05) is 0 Å². The predicted octanol–water partition coefficient (Wildman–Crippen LogP) is 0.114. The summed E-state index contributed by atoms with van der Waals surface area (Å²) in [5.41, 5.74) is 4.79. The maximum Gasteiger partial charge on any atom is -1.00 e. The molecule has 0 fully saturated rings. The number of allylic oxidation sites excluding steroid dienone is 6. The van der Waals surface area contributed by atoms with E-state index in [2.05, 4.69) is 67.3 Å². The summed E-state index contributed by atoms with van der Waals surface area (Å²) in [7, 11) is -1.61. The molecule has 0 atom stereocenters. The molecule has 2 aliphatic rings. The molecule has 0 aromatic rings. The largest absolute Gasteiger partial charge is 1.00 e. The zero-order valence-electron chi connectivity index (χ0n) is 17.6. The van der Waals surface area contributed by atoms with Crippen LogP contribution in [0, 0.1) is 5.41 Å². The first kappa shape index (κ1) is 26.2. The summed E-state index contributed by atoms with van der Waals surface area (Å²) in [4.78, 5) is 0. The Kier molecular flexibility index (Phi) is 9.72.